The van der Waals surface area contributed by atoms with Crippen molar-refractivity contribution in [2.75, 3.05) is 0 Å². The summed E-state index contributed by atoms with van der Waals surface area (Å²) in [5.41, 5.74) is 2.39. The van der Waals surface area contributed by atoms with E-state index in [1.165, 1.54) is 10.9 Å². The van der Waals surface area contributed by atoms with Gasteiger partial charge in [-0.25, -0.2) is 9.67 Å². The molecule has 0 spiro atoms. The van der Waals surface area contributed by atoms with E-state index in [0.717, 1.165) is 17.3 Å². The van der Waals surface area contributed by atoms with Gasteiger partial charge in [0.05, 0.1) is 16.4 Å². The second-order valence-corrected chi connectivity index (χ2v) is 7.51. The van der Waals surface area contributed by atoms with Crippen LogP contribution in [0.2, 0.25) is 5.02 Å². The highest BCUT2D eigenvalue weighted by Gasteiger charge is 2.33. The first-order valence-electron chi connectivity index (χ1n) is 9.68. The molecule has 3 aromatic heterocycles. The summed E-state index contributed by atoms with van der Waals surface area (Å²) >= 11 is 6.08. The van der Waals surface area contributed by atoms with Gasteiger partial charge >= 0.3 is 6.18 Å². The van der Waals surface area contributed by atoms with Crippen LogP contribution >= 0.6 is 11.6 Å². The van der Waals surface area contributed by atoms with E-state index >= 15 is 0 Å². The van der Waals surface area contributed by atoms with Crippen LogP contribution in [-0.4, -0.2) is 24.9 Å². The van der Waals surface area contributed by atoms with E-state index in [-0.39, 0.29) is 12.2 Å². The number of nitrogens with zero attached hydrogens (tertiary/aromatic N) is 4. The summed E-state index contributed by atoms with van der Waals surface area (Å²) in [7, 11) is 0. The van der Waals surface area contributed by atoms with Crippen molar-refractivity contribution in [1.82, 2.24) is 19.2 Å². The van der Waals surface area contributed by atoms with Gasteiger partial charge in [0, 0.05) is 18.8 Å². The monoisotopic (exact) mass is 446 g/mol. The topological polar surface area (TPSA) is 52.2 Å². The lowest BCUT2D eigenvalue weighted by atomic mass is 10.0. The summed E-state index contributed by atoms with van der Waals surface area (Å²) in [6, 6.07) is 11.4. The molecule has 0 aliphatic carbocycles. The first-order valence-corrected chi connectivity index (χ1v) is 10.1. The molecule has 9 heteroatoms. The smallest absolute Gasteiger partial charge is 0.295 e. The second-order valence-electron chi connectivity index (χ2n) is 7.07. The molecule has 160 valence electrons. The molecule has 4 aromatic rings. The van der Waals surface area contributed by atoms with Crippen LogP contribution in [0.1, 0.15) is 40.8 Å². The molecule has 31 heavy (non-hydrogen) atoms. The zero-order valence-electron chi connectivity index (χ0n) is 16.5. The standard InChI is InChI=1S/C22H18ClF3N4O/c1-2-17-21(29-13-15(23)6-10-20(29)27-17)18(31)9-5-14-3-7-16(8-4-14)30-12-11-19(28-30)22(24,25)26/h3-4,6-8,10-13H,2,5,9H2,1H3. The van der Waals surface area contributed by atoms with E-state index in [0.29, 0.717) is 34.9 Å². The minimum absolute atomic E-state index is 0.0439. The van der Waals surface area contributed by atoms with Crippen LogP contribution in [0.3, 0.4) is 0 Å². The van der Waals surface area contributed by atoms with E-state index in [4.69, 9.17) is 11.6 Å². The van der Waals surface area contributed by atoms with Gasteiger partial charge in [0.1, 0.15) is 11.3 Å². The van der Waals surface area contributed by atoms with E-state index in [1.807, 2.05) is 6.92 Å². The minimum atomic E-state index is -4.48. The highest BCUT2D eigenvalue weighted by atomic mass is 35.5. The normalized spacial score (nSPS) is 11.9. The molecule has 0 unspecified atom stereocenters. The van der Waals surface area contributed by atoms with Crippen LogP contribution in [0.4, 0.5) is 13.2 Å². The maximum absolute atomic E-state index is 12.9. The molecule has 0 radical (unpaired) electrons. The molecular formula is C22H18ClF3N4O. The number of ketones is 1. The van der Waals surface area contributed by atoms with Crippen LogP contribution in [0.15, 0.2) is 54.9 Å². The quantitative estimate of drug-likeness (QED) is 0.364. The van der Waals surface area contributed by atoms with Crippen molar-refractivity contribution in [1.29, 1.82) is 0 Å². The van der Waals surface area contributed by atoms with Crippen LogP contribution in [-0.2, 0) is 19.0 Å². The summed E-state index contributed by atoms with van der Waals surface area (Å²) in [6.07, 6.45) is -0.146. The number of hydrogen-bond donors (Lipinski definition) is 0. The number of carbonyl (C=O) groups excluding carboxylic acids is 1. The Kier molecular flexibility index (Phi) is 5.58. The summed E-state index contributed by atoms with van der Waals surface area (Å²) in [5, 5.41) is 4.08. The van der Waals surface area contributed by atoms with E-state index in [2.05, 4.69) is 10.1 Å². The van der Waals surface area contributed by atoms with Crippen molar-refractivity contribution in [2.24, 2.45) is 0 Å². The third-order valence-corrected chi connectivity index (χ3v) is 5.20. The number of halogens is 4. The van der Waals surface area contributed by atoms with E-state index in [9.17, 15) is 18.0 Å². The summed E-state index contributed by atoms with van der Waals surface area (Å²) < 4.78 is 41.1. The number of aromatic nitrogens is 4. The molecule has 1 aromatic carbocycles. The van der Waals surface area contributed by atoms with Gasteiger partial charge in [-0.3, -0.25) is 9.20 Å². The van der Waals surface area contributed by atoms with Crippen molar-refractivity contribution in [3.63, 3.8) is 0 Å². The second kappa shape index (κ2) is 8.19. The molecule has 0 N–H and O–H groups in total. The van der Waals surface area contributed by atoms with Gasteiger partial charge in [-0.15, -0.1) is 0 Å². The molecule has 0 aliphatic heterocycles. The van der Waals surface area contributed by atoms with Crippen molar-refractivity contribution in [3.05, 3.63) is 82.5 Å². The van der Waals surface area contributed by atoms with Crippen molar-refractivity contribution >= 4 is 23.0 Å². The fourth-order valence-corrected chi connectivity index (χ4v) is 3.58. The number of hydrogen-bond acceptors (Lipinski definition) is 3. The number of pyridine rings is 1. The fraction of sp³-hybridized carbons (Fsp3) is 0.227. The number of fused-ring (bicyclic) bond motifs is 1. The third kappa shape index (κ3) is 4.34. The molecule has 0 bridgehead atoms. The molecule has 0 amide bonds. The predicted octanol–water partition coefficient (Wildman–Crippen LogP) is 5.57. The minimum Gasteiger partial charge on any atom is -0.295 e. The number of rotatable bonds is 6. The first-order chi connectivity index (χ1) is 14.8. The first kappa shape index (κ1) is 21.1. The molecule has 0 aliphatic rings. The average Bonchev–Trinajstić information content (AvgIpc) is 3.37. The number of alkyl halides is 3. The van der Waals surface area contributed by atoms with E-state index < -0.39 is 11.9 Å². The van der Waals surface area contributed by atoms with Crippen molar-refractivity contribution in [2.45, 2.75) is 32.4 Å². The van der Waals surface area contributed by atoms with Gasteiger partial charge in [-0.1, -0.05) is 30.7 Å². The van der Waals surface area contributed by atoms with Crippen LogP contribution < -0.4 is 0 Å². The van der Waals surface area contributed by atoms with Gasteiger partial charge in [0.25, 0.3) is 0 Å². The Morgan fingerprint density at radius 3 is 2.48 bits per heavy atom. The Bertz CT molecular complexity index is 1240. The summed E-state index contributed by atoms with van der Waals surface area (Å²) in [5.74, 6) is -0.0439. The number of benzene rings is 1. The molecule has 0 saturated heterocycles. The zero-order chi connectivity index (χ0) is 22.2. The molecule has 5 nitrogen and oxygen atoms in total. The van der Waals surface area contributed by atoms with Gasteiger partial charge < -0.3 is 0 Å². The Labute approximate surface area is 181 Å². The van der Waals surface area contributed by atoms with Crippen LogP contribution in [0.5, 0.6) is 0 Å². The molecule has 0 atom stereocenters. The highest BCUT2D eigenvalue weighted by Crippen LogP contribution is 2.28. The van der Waals surface area contributed by atoms with Crippen LogP contribution in [0, 0.1) is 0 Å². The zero-order valence-corrected chi connectivity index (χ0v) is 17.3. The summed E-state index contributed by atoms with van der Waals surface area (Å²) in [4.78, 5) is 17.5. The maximum Gasteiger partial charge on any atom is 0.435 e. The Balaban J connectivity index is 1.49. The number of Topliss-reactive ketones (excluding diaryl/α,β-unsaturated/α-hetero) is 1. The van der Waals surface area contributed by atoms with Crippen molar-refractivity contribution in [3.8, 4) is 5.69 Å². The lowest BCUT2D eigenvalue weighted by Gasteiger charge is -2.06. The third-order valence-electron chi connectivity index (χ3n) is 4.97. The molecule has 4 rings (SSSR count). The number of imidazole rings is 1. The lowest BCUT2D eigenvalue weighted by Crippen LogP contribution is -2.08. The van der Waals surface area contributed by atoms with E-state index in [1.54, 1.807) is 47.0 Å². The van der Waals surface area contributed by atoms with Crippen molar-refractivity contribution < 1.29 is 18.0 Å². The Morgan fingerprint density at radius 2 is 1.84 bits per heavy atom. The van der Waals surface area contributed by atoms with Gasteiger partial charge in [-0.2, -0.15) is 18.3 Å². The average molecular weight is 447 g/mol. The fourth-order valence-electron chi connectivity index (χ4n) is 3.42. The van der Waals surface area contributed by atoms with Crippen LogP contribution in [0.25, 0.3) is 11.3 Å². The SMILES string of the molecule is CCc1nc2ccc(Cl)cn2c1C(=O)CCc1ccc(-n2ccc(C(F)(F)F)n2)cc1. The molecular weight excluding hydrogens is 429 g/mol. The number of carbonyl (C=O) groups is 1. The number of aryl methyl sites for hydroxylation is 2. The molecule has 0 saturated carbocycles. The van der Waals surface area contributed by atoms with Gasteiger partial charge in [0.2, 0.25) is 0 Å². The highest BCUT2D eigenvalue weighted by molar-refractivity contribution is 6.30. The summed E-state index contributed by atoms with van der Waals surface area (Å²) in [6.45, 7) is 1.94. The van der Waals surface area contributed by atoms with Gasteiger partial charge in [0.15, 0.2) is 11.5 Å². The molecule has 0 fully saturated rings. The predicted molar refractivity (Wildman–Crippen MR) is 111 cm³/mol. The van der Waals surface area contributed by atoms with Gasteiger partial charge in [-0.05, 0) is 48.7 Å². The molecule has 3 heterocycles. The Morgan fingerprint density at radius 1 is 1.10 bits per heavy atom. The lowest BCUT2D eigenvalue weighted by molar-refractivity contribution is -0.141. The maximum atomic E-state index is 12.9. The largest absolute Gasteiger partial charge is 0.435 e. The Hall–Kier alpha value is -3.13.